The Morgan fingerprint density at radius 1 is 1.07 bits per heavy atom. The van der Waals surface area contributed by atoms with Gasteiger partial charge in [-0.25, -0.2) is 9.97 Å². The van der Waals surface area contributed by atoms with E-state index in [1.807, 2.05) is 48.2 Å². The number of carbonyl (C=O) groups excluding carboxylic acids is 1. The monoisotopic (exact) mass is 403 g/mol. The standard InChI is InChI=1S/C23H25N5O2/c1-17-6-8-18(9-7-17)20(10-11-22(29)28-12-14-30-15-13-28)26-27-23-19-4-2-3-5-21(19)24-16-25-23/h2-9,16H,10-15H2,1H3,(H,24,25,27)/b26-20-. The van der Waals surface area contributed by atoms with Gasteiger partial charge in [-0.05, 0) is 24.6 Å². The van der Waals surface area contributed by atoms with E-state index in [1.165, 1.54) is 11.9 Å². The number of hydrogen-bond donors (Lipinski definition) is 1. The van der Waals surface area contributed by atoms with Gasteiger partial charge in [-0.2, -0.15) is 5.10 Å². The van der Waals surface area contributed by atoms with Crippen LogP contribution in [-0.2, 0) is 9.53 Å². The average molecular weight is 403 g/mol. The molecule has 7 heteroatoms. The van der Waals surface area contributed by atoms with Crippen molar-refractivity contribution in [1.29, 1.82) is 0 Å². The Balaban J connectivity index is 1.55. The second kappa shape index (κ2) is 9.45. The van der Waals surface area contributed by atoms with Gasteiger partial charge in [0.1, 0.15) is 6.33 Å². The molecule has 0 radical (unpaired) electrons. The minimum absolute atomic E-state index is 0.130. The molecule has 0 aliphatic carbocycles. The fraction of sp³-hybridized carbons (Fsp3) is 0.304. The van der Waals surface area contributed by atoms with Crippen LogP contribution in [0.2, 0.25) is 0 Å². The number of nitrogens with zero attached hydrogens (tertiary/aromatic N) is 4. The number of hydrazone groups is 1. The lowest BCUT2D eigenvalue weighted by Gasteiger charge is -2.26. The molecule has 1 N–H and O–H groups in total. The van der Waals surface area contributed by atoms with Gasteiger partial charge >= 0.3 is 0 Å². The van der Waals surface area contributed by atoms with Crippen molar-refractivity contribution in [3.05, 3.63) is 66.0 Å². The Kier molecular flexibility index (Phi) is 6.29. The van der Waals surface area contributed by atoms with Gasteiger partial charge in [0.25, 0.3) is 0 Å². The van der Waals surface area contributed by atoms with Crippen LogP contribution >= 0.6 is 0 Å². The summed E-state index contributed by atoms with van der Waals surface area (Å²) in [4.78, 5) is 23.1. The van der Waals surface area contributed by atoms with Gasteiger partial charge < -0.3 is 9.64 Å². The van der Waals surface area contributed by atoms with Crippen molar-refractivity contribution >= 4 is 28.3 Å². The number of aryl methyl sites for hydroxylation is 1. The Bertz CT molecular complexity index is 1040. The van der Waals surface area contributed by atoms with Crippen molar-refractivity contribution in [2.24, 2.45) is 5.10 Å². The first-order valence-electron chi connectivity index (χ1n) is 10.2. The number of morpholine rings is 1. The molecule has 2 heterocycles. The fourth-order valence-electron chi connectivity index (χ4n) is 3.42. The third-order valence-corrected chi connectivity index (χ3v) is 5.16. The average Bonchev–Trinajstić information content (AvgIpc) is 2.80. The number of carbonyl (C=O) groups is 1. The normalized spacial score (nSPS) is 14.7. The van der Waals surface area contributed by atoms with E-state index < -0.39 is 0 Å². The Hall–Kier alpha value is -3.32. The molecule has 3 aromatic rings. The molecular weight excluding hydrogens is 378 g/mol. The van der Waals surface area contributed by atoms with Crippen LogP contribution in [0.4, 0.5) is 5.82 Å². The lowest BCUT2D eigenvalue weighted by molar-refractivity contribution is -0.135. The van der Waals surface area contributed by atoms with Crippen molar-refractivity contribution in [2.75, 3.05) is 31.7 Å². The van der Waals surface area contributed by atoms with Gasteiger partial charge in [0.15, 0.2) is 5.82 Å². The number of anilines is 1. The van der Waals surface area contributed by atoms with E-state index >= 15 is 0 Å². The Labute approximate surface area is 175 Å². The summed E-state index contributed by atoms with van der Waals surface area (Å²) in [6, 6.07) is 16.0. The molecule has 30 heavy (non-hydrogen) atoms. The lowest BCUT2D eigenvalue weighted by atomic mass is 10.0. The largest absolute Gasteiger partial charge is 0.378 e. The highest BCUT2D eigenvalue weighted by Crippen LogP contribution is 2.19. The number of ether oxygens (including phenoxy) is 1. The zero-order chi connectivity index (χ0) is 20.8. The van der Waals surface area contributed by atoms with E-state index in [-0.39, 0.29) is 5.91 Å². The third-order valence-electron chi connectivity index (χ3n) is 5.16. The molecule has 0 atom stereocenters. The lowest BCUT2D eigenvalue weighted by Crippen LogP contribution is -2.40. The first kappa shape index (κ1) is 20.0. The van der Waals surface area contributed by atoms with E-state index in [0.29, 0.717) is 45.0 Å². The van der Waals surface area contributed by atoms with Gasteiger partial charge in [-0.15, -0.1) is 0 Å². The van der Waals surface area contributed by atoms with Crippen LogP contribution in [0.3, 0.4) is 0 Å². The molecule has 0 saturated carbocycles. The molecule has 1 aliphatic heterocycles. The second-order valence-corrected chi connectivity index (χ2v) is 7.27. The maximum atomic E-state index is 12.6. The molecular formula is C23H25N5O2. The predicted octanol–water partition coefficient (Wildman–Crippen LogP) is 3.39. The van der Waals surface area contributed by atoms with E-state index in [0.717, 1.165) is 22.2 Å². The van der Waals surface area contributed by atoms with Gasteiger partial charge in [0.05, 0.1) is 24.4 Å². The van der Waals surface area contributed by atoms with Crippen LogP contribution in [0.1, 0.15) is 24.0 Å². The Morgan fingerprint density at radius 3 is 2.63 bits per heavy atom. The number of para-hydroxylation sites is 1. The van der Waals surface area contributed by atoms with Crippen LogP contribution in [0.25, 0.3) is 10.9 Å². The molecule has 7 nitrogen and oxygen atoms in total. The zero-order valence-electron chi connectivity index (χ0n) is 17.0. The number of aromatic nitrogens is 2. The van der Waals surface area contributed by atoms with Crippen LogP contribution in [-0.4, -0.2) is 52.8 Å². The minimum Gasteiger partial charge on any atom is -0.378 e. The van der Waals surface area contributed by atoms with Crippen LogP contribution in [0.15, 0.2) is 60.0 Å². The molecule has 2 aromatic carbocycles. The van der Waals surface area contributed by atoms with Crippen molar-refractivity contribution in [3.63, 3.8) is 0 Å². The number of fused-ring (bicyclic) bond motifs is 1. The fourth-order valence-corrected chi connectivity index (χ4v) is 3.42. The second-order valence-electron chi connectivity index (χ2n) is 7.27. The highest BCUT2D eigenvalue weighted by Gasteiger charge is 2.17. The topological polar surface area (TPSA) is 79.7 Å². The van der Waals surface area contributed by atoms with E-state index in [9.17, 15) is 4.79 Å². The summed E-state index contributed by atoms with van der Waals surface area (Å²) in [5.74, 6) is 0.773. The predicted molar refractivity (Wildman–Crippen MR) is 118 cm³/mol. The van der Waals surface area contributed by atoms with Crippen molar-refractivity contribution < 1.29 is 9.53 Å². The highest BCUT2D eigenvalue weighted by molar-refractivity contribution is 6.02. The number of hydrogen-bond acceptors (Lipinski definition) is 6. The third kappa shape index (κ3) is 4.80. The summed E-state index contributed by atoms with van der Waals surface area (Å²) in [6.07, 6.45) is 2.46. The van der Waals surface area contributed by atoms with Crippen molar-refractivity contribution in [2.45, 2.75) is 19.8 Å². The number of amides is 1. The van der Waals surface area contributed by atoms with E-state index in [4.69, 9.17) is 4.74 Å². The molecule has 1 amide bonds. The summed E-state index contributed by atoms with van der Waals surface area (Å²) in [5.41, 5.74) is 6.93. The first-order valence-corrected chi connectivity index (χ1v) is 10.2. The van der Waals surface area contributed by atoms with Crippen LogP contribution in [0, 0.1) is 6.92 Å². The number of nitrogens with one attached hydrogen (secondary N) is 1. The quantitative estimate of drug-likeness (QED) is 0.504. The molecule has 154 valence electrons. The highest BCUT2D eigenvalue weighted by atomic mass is 16.5. The molecule has 1 saturated heterocycles. The summed E-state index contributed by atoms with van der Waals surface area (Å²) in [5, 5.41) is 5.54. The molecule has 1 aromatic heterocycles. The molecule has 0 bridgehead atoms. The Morgan fingerprint density at radius 2 is 1.83 bits per heavy atom. The van der Waals surface area contributed by atoms with E-state index in [1.54, 1.807) is 0 Å². The van der Waals surface area contributed by atoms with E-state index in [2.05, 4.69) is 32.6 Å². The van der Waals surface area contributed by atoms with Gasteiger partial charge in [-0.3, -0.25) is 10.2 Å². The smallest absolute Gasteiger partial charge is 0.223 e. The van der Waals surface area contributed by atoms with Gasteiger partial charge in [0, 0.05) is 31.3 Å². The number of rotatable bonds is 6. The SMILES string of the molecule is Cc1ccc(/C(CCC(=O)N2CCOCC2)=N\Nc2ncnc3ccccc23)cc1. The van der Waals surface area contributed by atoms with Crippen LogP contribution < -0.4 is 5.43 Å². The summed E-state index contributed by atoms with van der Waals surface area (Å²) in [7, 11) is 0. The summed E-state index contributed by atoms with van der Waals surface area (Å²) < 4.78 is 5.34. The molecule has 1 aliphatic rings. The number of benzene rings is 2. The molecule has 0 unspecified atom stereocenters. The molecule has 0 spiro atoms. The van der Waals surface area contributed by atoms with Crippen molar-refractivity contribution in [1.82, 2.24) is 14.9 Å². The van der Waals surface area contributed by atoms with Gasteiger partial charge in [0.2, 0.25) is 5.91 Å². The van der Waals surface area contributed by atoms with Gasteiger partial charge in [-0.1, -0.05) is 42.0 Å². The maximum absolute atomic E-state index is 12.6. The summed E-state index contributed by atoms with van der Waals surface area (Å²) in [6.45, 7) is 4.57. The maximum Gasteiger partial charge on any atom is 0.223 e. The van der Waals surface area contributed by atoms with Crippen molar-refractivity contribution in [3.8, 4) is 0 Å². The zero-order valence-corrected chi connectivity index (χ0v) is 17.0. The first-order chi connectivity index (χ1) is 14.7. The molecule has 4 rings (SSSR count). The summed E-state index contributed by atoms with van der Waals surface area (Å²) >= 11 is 0. The molecule has 1 fully saturated rings. The van der Waals surface area contributed by atoms with Crippen LogP contribution in [0.5, 0.6) is 0 Å². The minimum atomic E-state index is 0.130.